The molecule has 80 heavy (non-hydrogen) atoms. The summed E-state index contributed by atoms with van der Waals surface area (Å²) in [5, 5.41) is 1.54. The normalized spacial score (nSPS) is 13.8. The number of esters is 1. The van der Waals surface area contributed by atoms with Crippen LogP contribution in [0.3, 0.4) is 0 Å². The van der Waals surface area contributed by atoms with Gasteiger partial charge in [-0.15, -0.1) is 0 Å². The fourth-order valence-corrected chi connectivity index (χ4v) is 15.5. The molecule has 0 radical (unpaired) electrons. The van der Waals surface area contributed by atoms with Gasteiger partial charge in [0.2, 0.25) is 0 Å². The lowest BCUT2D eigenvalue weighted by Gasteiger charge is -2.44. The van der Waals surface area contributed by atoms with Gasteiger partial charge < -0.3 is 28.1 Å². The molecule has 0 aliphatic heterocycles. The number of hydrogen-bond donors (Lipinski definition) is 0. The molecule has 0 bridgehead atoms. The van der Waals surface area contributed by atoms with Crippen molar-refractivity contribution in [2.75, 3.05) is 19.8 Å². The molecule has 0 saturated carbocycles. The highest BCUT2D eigenvalue weighted by molar-refractivity contribution is 6.99. The molecule has 11 heteroatoms. The molecule has 1 aliphatic rings. The Bertz CT molecular complexity index is 3130. The summed E-state index contributed by atoms with van der Waals surface area (Å²) < 4.78 is 41.1. The topological polar surface area (TPSA) is 110 Å². The van der Waals surface area contributed by atoms with Crippen molar-refractivity contribution in [3.63, 3.8) is 0 Å². The van der Waals surface area contributed by atoms with Gasteiger partial charge in [-0.3, -0.25) is 14.5 Å². The Hall–Kier alpha value is -7.77. The molecule has 0 unspecified atom stereocenters. The van der Waals surface area contributed by atoms with Crippen molar-refractivity contribution in [3.05, 3.63) is 264 Å². The summed E-state index contributed by atoms with van der Waals surface area (Å²) >= 11 is 0. The summed E-state index contributed by atoms with van der Waals surface area (Å²) in [4.78, 5) is 47.7. The summed E-state index contributed by atoms with van der Waals surface area (Å²) in [7, 11) is -3.31. The molecule has 0 N–H and O–H groups in total. The van der Waals surface area contributed by atoms with Gasteiger partial charge in [-0.2, -0.15) is 0 Å². The van der Waals surface area contributed by atoms with Gasteiger partial charge in [-0.05, 0) is 66.8 Å². The maximum Gasteiger partial charge on any atom is 0.410 e. The van der Waals surface area contributed by atoms with Crippen molar-refractivity contribution < 1.29 is 42.5 Å². The molecule has 1 amide bonds. The van der Waals surface area contributed by atoms with E-state index in [4.69, 9.17) is 28.1 Å². The first-order valence-electron chi connectivity index (χ1n) is 27.6. The Balaban J connectivity index is 1.19. The summed E-state index contributed by atoms with van der Waals surface area (Å²) in [6.07, 6.45) is -5.00. The molecule has 0 aromatic heterocycles. The summed E-state index contributed by atoms with van der Waals surface area (Å²) in [6.45, 7) is 7.99. The zero-order valence-electron chi connectivity index (χ0n) is 46.1. The SMILES string of the molecule is CCOC(=O)C[C@H]([C@H](OCc1ccccc1)[C@@H](OCc1ccccc1)[C@H](OCc1ccccc1)C(=O)CO[Si](c1ccccc1)(c1ccccc1)C(C)(C)C)N(Cc1ccccc1)C(=O)OCC1c2ccccc2-c2ccccc21. The number of carbonyl (C=O) groups is 3. The number of rotatable bonds is 26. The molecule has 0 saturated heterocycles. The van der Waals surface area contributed by atoms with E-state index >= 15 is 9.59 Å². The summed E-state index contributed by atoms with van der Waals surface area (Å²) in [6, 6.07) is 74.0. The van der Waals surface area contributed by atoms with Gasteiger partial charge in [0.15, 0.2) is 5.78 Å². The smallest absolute Gasteiger partial charge is 0.410 e. The van der Waals surface area contributed by atoms with Crippen LogP contribution in [0.2, 0.25) is 5.04 Å². The molecular weight excluding hydrogens is 1010 g/mol. The van der Waals surface area contributed by atoms with Crippen molar-refractivity contribution in [2.24, 2.45) is 0 Å². The highest BCUT2D eigenvalue weighted by atomic mass is 28.4. The number of ether oxygens (including phenoxy) is 5. The lowest BCUT2D eigenvalue weighted by molar-refractivity contribution is -0.181. The van der Waals surface area contributed by atoms with Gasteiger partial charge in [-0.1, -0.05) is 251 Å². The Labute approximate surface area is 472 Å². The molecule has 4 atom stereocenters. The van der Waals surface area contributed by atoms with Crippen LogP contribution in [0.1, 0.15) is 73.4 Å². The minimum absolute atomic E-state index is 0.00135. The third-order valence-electron chi connectivity index (χ3n) is 14.9. The van der Waals surface area contributed by atoms with Crippen molar-refractivity contribution in [1.82, 2.24) is 4.90 Å². The summed E-state index contributed by atoms with van der Waals surface area (Å²) in [5.41, 5.74) is 7.49. The third kappa shape index (κ3) is 13.8. The molecule has 410 valence electrons. The molecule has 10 nitrogen and oxygen atoms in total. The van der Waals surface area contributed by atoms with Crippen LogP contribution in [0.25, 0.3) is 11.1 Å². The molecule has 0 heterocycles. The highest BCUT2D eigenvalue weighted by Gasteiger charge is 2.52. The van der Waals surface area contributed by atoms with Gasteiger partial charge in [0, 0.05) is 12.5 Å². The van der Waals surface area contributed by atoms with E-state index in [-0.39, 0.29) is 58.5 Å². The van der Waals surface area contributed by atoms with Crippen LogP contribution in [-0.2, 0) is 64.1 Å². The van der Waals surface area contributed by atoms with Crippen molar-refractivity contribution in [2.45, 2.75) is 95.8 Å². The first kappa shape index (κ1) is 56.9. The Morgan fingerprint density at radius 3 is 1.38 bits per heavy atom. The van der Waals surface area contributed by atoms with E-state index in [2.05, 4.69) is 69.3 Å². The minimum atomic E-state index is -3.31. The fourth-order valence-electron chi connectivity index (χ4n) is 11.0. The third-order valence-corrected chi connectivity index (χ3v) is 19.8. The lowest BCUT2D eigenvalue weighted by atomic mass is 9.93. The number of Topliss-reactive ketones (excluding diaryl/α,β-unsaturated/α-hetero) is 1. The number of nitrogens with zero attached hydrogens (tertiary/aromatic N) is 1. The molecule has 1 aliphatic carbocycles. The zero-order chi connectivity index (χ0) is 55.7. The van der Waals surface area contributed by atoms with E-state index in [0.29, 0.717) is 0 Å². The number of hydrogen-bond acceptors (Lipinski definition) is 9. The number of fused-ring (bicyclic) bond motifs is 3. The van der Waals surface area contributed by atoms with E-state index in [1.807, 2.05) is 182 Å². The molecule has 8 aromatic carbocycles. The Kier molecular flexibility index (Phi) is 19.5. The Morgan fingerprint density at radius 2 is 0.912 bits per heavy atom. The number of carbonyl (C=O) groups excluding carboxylic acids is 3. The standard InChI is InChI=1S/C69H71NO9Si/c1-5-74-64(72)44-62(70(45-51-28-12-6-13-29-51)68(73)78-49-61-59-42-26-24-40-57(59)58-41-25-27-43-60(58)61)65(75-46-52-30-14-7-15-31-52)67(77-48-54-34-18-9-19-35-54)66(76-47-53-32-16-8-17-33-53)63(71)50-79-80(69(2,3)4,55-36-20-10-21-37-55)56-38-22-11-23-39-56/h6-43,61-62,65-67H,5,44-50H2,1-4H3/t62-,65+,66-,67-/m1/s1. The van der Waals surface area contributed by atoms with Crippen LogP contribution in [-0.4, -0.2) is 75.2 Å². The van der Waals surface area contributed by atoms with Crippen molar-refractivity contribution in [1.29, 1.82) is 0 Å². The maximum atomic E-state index is 16.1. The lowest BCUT2D eigenvalue weighted by Crippen LogP contribution is -2.67. The van der Waals surface area contributed by atoms with E-state index < -0.39 is 55.6 Å². The zero-order valence-corrected chi connectivity index (χ0v) is 47.1. The van der Waals surface area contributed by atoms with Crippen molar-refractivity contribution in [3.8, 4) is 11.1 Å². The molecule has 9 rings (SSSR count). The second kappa shape index (κ2) is 27.4. The fraction of sp³-hybridized carbons (Fsp3) is 0.261. The monoisotopic (exact) mass is 1090 g/mol. The minimum Gasteiger partial charge on any atom is -0.466 e. The van der Waals surface area contributed by atoms with Crippen LogP contribution >= 0.6 is 0 Å². The average Bonchev–Trinajstić information content (AvgIpc) is 3.90. The van der Waals surface area contributed by atoms with Gasteiger partial charge >= 0.3 is 12.1 Å². The molecule has 0 spiro atoms. The van der Waals surface area contributed by atoms with Crippen molar-refractivity contribution >= 4 is 36.5 Å². The maximum absolute atomic E-state index is 16.1. The van der Waals surface area contributed by atoms with Crippen LogP contribution in [0.15, 0.2) is 231 Å². The van der Waals surface area contributed by atoms with E-state index in [1.165, 1.54) is 0 Å². The molecular formula is C69H71NO9Si. The predicted octanol–water partition coefficient (Wildman–Crippen LogP) is 12.7. The number of benzene rings is 8. The Morgan fingerprint density at radius 1 is 0.500 bits per heavy atom. The van der Waals surface area contributed by atoms with Gasteiger partial charge in [0.05, 0.1) is 45.5 Å². The average molecular weight is 1090 g/mol. The number of ketones is 1. The second-order valence-corrected chi connectivity index (χ2v) is 25.5. The van der Waals surface area contributed by atoms with Gasteiger partial charge in [0.1, 0.15) is 24.9 Å². The van der Waals surface area contributed by atoms with Crippen LogP contribution in [0.5, 0.6) is 0 Å². The van der Waals surface area contributed by atoms with E-state index in [0.717, 1.165) is 54.9 Å². The quantitative estimate of drug-likeness (QED) is 0.0387. The second-order valence-electron chi connectivity index (χ2n) is 21.2. The number of amides is 1. The molecule has 0 fully saturated rings. The van der Waals surface area contributed by atoms with E-state index in [1.54, 1.807) is 11.8 Å². The van der Waals surface area contributed by atoms with Crippen LogP contribution < -0.4 is 10.4 Å². The largest absolute Gasteiger partial charge is 0.466 e. The van der Waals surface area contributed by atoms with Crippen LogP contribution in [0, 0.1) is 0 Å². The van der Waals surface area contributed by atoms with Gasteiger partial charge in [-0.25, -0.2) is 4.79 Å². The van der Waals surface area contributed by atoms with Gasteiger partial charge in [0.25, 0.3) is 8.32 Å². The van der Waals surface area contributed by atoms with Crippen LogP contribution in [0.4, 0.5) is 4.79 Å². The highest BCUT2D eigenvalue weighted by Crippen LogP contribution is 2.45. The first-order chi connectivity index (χ1) is 39.0. The first-order valence-corrected chi connectivity index (χ1v) is 29.5. The van der Waals surface area contributed by atoms with E-state index in [9.17, 15) is 4.79 Å². The molecule has 8 aromatic rings. The predicted molar refractivity (Wildman–Crippen MR) is 316 cm³/mol. The summed E-state index contributed by atoms with van der Waals surface area (Å²) in [5.74, 6) is -1.25.